The molecule has 0 radical (unpaired) electrons. The summed E-state index contributed by atoms with van der Waals surface area (Å²) in [5, 5.41) is 15.8. The van der Waals surface area contributed by atoms with E-state index in [0.717, 1.165) is 23.3 Å². The minimum atomic E-state index is -1.62. The molecule has 0 spiro atoms. The number of hydrogen-bond donors (Lipinski definition) is 0. The van der Waals surface area contributed by atoms with Crippen LogP contribution in [0.4, 0.5) is 8.78 Å². The molecule has 0 N–H and O–H groups in total. The summed E-state index contributed by atoms with van der Waals surface area (Å²) in [4.78, 5) is 22.3. The molecule has 2 aromatic heterocycles. The molecule has 4 aromatic carbocycles. The third kappa shape index (κ3) is 7.54. The first-order valence-electron chi connectivity index (χ1n) is 15.2. The minimum absolute atomic E-state index is 0.00895. The van der Waals surface area contributed by atoms with Crippen LogP contribution in [0.15, 0.2) is 115 Å². The van der Waals surface area contributed by atoms with Crippen LogP contribution >= 0.6 is 11.3 Å². The molecule has 2 heterocycles. The Kier molecular flexibility index (Phi) is 10.1. The Morgan fingerprint density at radius 3 is 2.53 bits per heavy atom. The molecular formula is C37H29F2N5O4S. The number of esters is 1. The third-order valence-corrected chi connectivity index (χ3v) is 9.03. The van der Waals surface area contributed by atoms with Crippen molar-refractivity contribution in [3.8, 4) is 23.1 Å². The molecule has 0 aliphatic carbocycles. The van der Waals surface area contributed by atoms with Crippen molar-refractivity contribution in [2.24, 2.45) is 0 Å². The Bertz CT molecular complexity index is 2070. The topological polar surface area (TPSA) is 112 Å². The van der Waals surface area contributed by atoms with Crippen molar-refractivity contribution in [3.63, 3.8) is 0 Å². The maximum absolute atomic E-state index is 15.8. The summed E-state index contributed by atoms with van der Waals surface area (Å²) in [7, 11) is 0. The molecule has 0 unspecified atom stereocenters. The molecule has 0 saturated heterocycles. The minimum Gasteiger partial charge on any atom is -0.488 e. The summed E-state index contributed by atoms with van der Waals surface area (Å²) in [5.41, 5.74) is 1.43. The normalized spacial score (nSPS) is 12.9. The Morgan fingerprint density at radius 2 is 1.80 bits per heavy atom. The van der Waals surface area contributed by atoms with E-state index in [4.69, 9.17) is 19.2 Å². The number of hydrogen-bond acceptors (Lipinski definition) is 9. The molecule has 6 rings (SSSR count). The summed E-state index contributed by atoms with van der Waals surface area (Å²) in [6.07, 6.45) is 2.78. The van der Waals surface area contributed by atoms with Gasteiger partial charge in [-0.25, -0.2) is 28.2 Å². The Labute approximate surface area is 285 Å². The average Bonchev–Trinajstić information content (AvgIpc) is 3.84. The molecule has 2 atom stereocenters. The molecule has 12 heteroatoms. The lowest BCUT2D eigenvalue weighted by molar-refractivity contribution is -0.148. The average molecular weight is 678 g/mol. The van der Waals surface area contributed by atoms with E-state index in [1.807, 2.05) is 35.7 Å². The zero-order chi connectivity index (χ0) is 34.2. The van der Waals surface area contributed by atoms with E-state index >= 15 is 4.39 Å². The first kappa shape index (κ1) is 33.1. The zero-order valence-corrected chi connectivity index (χ0v) is 27.0. The second-order valence-corrected chi connectivity index (χ2v) is 11.9. The van der Waals surface area contributed by atoms with Gasteiger partial charge in [-0.15, -0.1) is 11.3 Å². The Hall–Kier alpha value is -5.77. The van der Waals surface area contributed by atoms with Crippen LogP contribution in [0.2, 0.25) is 0 Å². The lowest BCUT2D eigenvalue weighted by Gasteiger charge is -2.38. The largest absolute Gasteiger partial charge is 0.488 e. The van der Waals surface area contributed by atoms with E-state index in [1.54, 1.807) is 55.5 Å². The van der Waals surface area contributed by atoms with Crippen LogP contribution in [0, 0.1) is 23.0 Å². The fourth-order valence-corrected chi connectivity index (χ4v) is 6.35. The second-order valence-electron chi connectivity index (χ2n) is 11.1. The standard InChI is InChI=1S/C37H29F2N5O4S/c1-25(35-43-33(20-49-35)28-13-11-26(18-40)12-14-28)37(21-44-23-41-22-42-44,31-16-15-29(38)17-32(31)39)48-24-47-36(45)30-9-5-6-10-34(30)46-19-27-7-3-2-4-8-27/h2-17,20,22-23,25H,19,21,24H2,1H3/t25-,37+/m0/s1. The van der Waals surface area contributed by atoms with Crippen LogP contribution in [0.1, 0.15) is 44.9 Å². The third-order valence-electron chi connectivity index (χ3n) is 8.00. The number of rotatable bonds is 13. The van der Waals surface area contributed by atoms with Crippen molar-refractivity contribution >= 4 is 17.3 Å². The lowest BCUT2D eigenvalue weighted by Crippen LogP contribution is -2.42. The van der Waals surface area contributed by atoms with E-state index < -0.39 is 35.9 Å². The van der Waals surface area contributed by atoms with Crippen LogP contribution in [-0.2, 0) is 28.2 Å². The molecule has 6 aromatic rings. The van der Waals surface area contributed by atoms with E-state index in [9.17, 15) is 14.4 Å². The van der Waals surface area contributed by atoms with Crippen molar-refractivity contribution in [1.82, 2.24) is 19.7 Å². The van der Waals surface area contributed by atoms with Crippen molar-refractivity contribution in [2.75, 3.05) is 6.79 Å². The number of benzene rings is 4. The van der Waals surface area contributed by atoms with Crippen molar-refractivity contribution in [1.29, 1.82) is 5.26 Å². The summed E-state index contributed by atoms with van der Waals surface area (Å²) in [6, 6.07) is 28.5. The molecule has 9 nitrogen and oxygen atoms in total. The summed E-state index contributed by atoms with van der Waals surface area (Å²) < 4.78 is 49.5. The van der Waals surface area contributed by atoms with Gasteiger partial charge in [0.05, 0.1) is 28.9 Å². The highest BCUT2D eigenvalue weighted by molar-refractivity contribution is 7.10. The summed E-state index contributed by atoms with van der Waals surface area (Å²) in [6.45, 7) is 1.35. The van der Waals surface area contributed by atoms with E-state index in [2.05, 4.69) is 16.2 Å². The number of halogens is 2. The van der Waals surface area contributed by atoms with Gasteiger partial charge in [0.2, 0.25) is 0 Å². The molecular weight excluding hydrogens is 649 g/mol. The smallest absolute Gasteiger partial charge is 0.344 e. The monoisotopic (exact) mass is 677 g/mol. The maximum Gasteiger partial charge on any atom is 0.344 e. The Morgan fingerprint density at radius 1 is 1.02 bits per heavy atom. The van der Waals surface area contributed by atoms with Gasteiger partial charge in [0, 0.05) is 28.5 Å². The number of aromatic nitrogens is 4. The number of nitrogens with zero attached hydrogens (tertiary/aromatic N) is 5. The molecule has 0 saturated carbocycles. The summed E-state index contributed by atoms with van der Waals surface area (Å²) in [5.74, 6) is -2.71. The number of thiazole rings is 1. The molecule has 0 aliphatic heterocycles. The quantitative estimate of drug-likeness (QED) is 0.0905. The first-order chi connectivity index (χ1) is 23.9. The van der Waals surface area contributed by atoms with Crippen molar-refractivity contribution < 1.29 is 27.8 Å². The van der Waals surface area contributed by atoms with Gasteiger partial charge in [0.1, 0.15) is 47.8 Å². The van der Waals surface area contributed by atoms with E-state index in [-0.39, 0.29) is 24.3 Å². The van der Waals surface area contributed by atoms with Gasteiger partial charge in [0.25, 0.3) is 0 Å². The van der Waals surface area contributed by atoms with Gasteiger partial charge < -0.3 is 14.2 Å². The number of para-hydroxylation sites is 1. The second kappa shape index (κ2) is 15.0. The van der Waals surface area contributed by atoms with E-state index in [1.165, 1.54) is 34.7 Å². The van der Waals surface area contributed by atoms with Gasteiger partial charge in [-0.2, -0.15) is 10.4 Å². The van der Waals surface area contributed by atoms with Gasteiger partial charge >= 0.3 is 5.97 Å². The highest BCUT2D eigenvalue weighted by Crippen LogP contribution is 2.44. The first-order valence-corrected chi connectivity index (χ1v) is 16.0. The van der Waals surface area contributed by atoms with Crippen molar-refractivity contribution in [3.05, 3.63) is 154 Å². The van der Waals surface area contributed by atoms with Crippen LogP contribution in [0.25, 0.3) is 11.3 Å². The fourth-order valence-electron chi connectivity index (χ4n) is 5.39. The fraction of sp³-hybridized carbons (Fsp3) is 0.162. The van der Waals surface area contributed by atoms with Gasteiger partial charge in [-0.1, -0.05) is 67.6 Å². The number of nitriles is 1. The zero-order valence-electron chi connectivity index (χ0n) is 26.2. The maximum atomic E-state index is 15.8. The molecule has 0 aliphatic rings. The van der Waals surface area contributed by atoms with E-state index in [0.29, 0.717) is 22.0 Å². The predicted octanol–water partition coefficient (Wildman–Crippen LogP) is 7.66. The molecule has 49 heavy (non-hydrogen) atoms. The van der Waals surface area contributed by atoms with Gasteiger partial charge in [-0.05, 0) is 35.9 Å². The number of carbonyl (C=O) groups excluding carboxylic acids is 1. The number of ether oxygens (including phenoxy) is 3. The highest BCUT2D eigenvalue weighted by Gasteiger charge is 2.45. The Balaban J connectivity index is 1.31. The number of carbonyl (C=O) groups is 1. The molecule has 0 bridgehead atoms. The summed E-state index contributed by atoms with van der Waals surface area (Å²) >= 11 is 1.33. The van der Waals surface area contributed by atoms with Crippen LogP contribution in [0.3, 0.4) is 0 Å². The predicted molar refractivity (Wildman–Crippen MR) is 177 cm³/mol. The van der Waals surface area contributed by atoms with Gasteiger partial charge in [-0.3, -0.25) is 0 Å². The molecule has 0 amide bonds. The van der Waals surface area contributed by atoms with Crippen LogP contribution in [0.5, 0.6) is 5.75 Å². The van der Waals surface area contributed by atoms with Crippen molar-refractivity contribution in [2.45, 2.75) is 31.6 Å². The SMILES string of the molecule is C[C@@H](c1nc(-c2ccc(C#N)cc2)cs1)[C@@](Cn1cncn1)(OCOC(=O)c1ccccc1OCc1ccccc1)c1ccc(F)cc1F. The molecule has 0 fully saturated rings. The molecule has 246 valence electrons. The van der Waals surface area contributed by atoms with Crippen LogP contribution in [-0.4, -0.2) is 32.5 Å². The highest BCUT2D eigenvalue weighted by atomic mass is 32.1. The van der Waals surface area contributed by atoms with Crippen LogP contribution < -0.4 is 4.74 Å². The lowest BCUT2D eigenvalue weighted by atomic mass is 9.81. The van der Waals surface area contributed by atoms with Gasteiger partial charge in [0.15, 0.2) is 6.79 Å².